The molecule has 0 atom stereocenters. The molecule has 1 aromatic heterocycles. The second-order valence-electron chi connectivity index (χ2n) is 12.2. The van der Waals surface area contributed by atoms with Gasteiger partial charge in [0.2, 0.25) is 0 Å². The third-order valence-electron chi connectivity index (χ3n) is 8.63. The summed E-state index contributed by atoms with van der Waals surface area (Å²) in [5.41, 5.74) is -0.111. The van der Waals surface area contributed by atoms with Crippen LogP contribution in [0, 0.1) is 17.7 Å². The van der Waals surface area contributed by atoms with Crippen LogP contribution in [0.4, 0.5) is 42.1 Å². The van der Waals surface area contributed by atoms with Crippen LogP contribution >= 0.6 is 11.3 Å². The number of thiophene rings is 1. The molecule has 3 heterocycles. The Hall–Kier alpha value is -3.75. The number of piperidine rings is 1. The lowest BCUT2D eigenvalue weighted by Crippen LogP contribution is -2.47. The predicted molar refractivity (Wildman–Crippen MR) is 178 cm³/mol. The van der Waals surface area contributed by atoms with Gasteiger partial charge < -0.3 is 25.6 Å². The van der Waals surface area contributed by atoms with Gasteiger partial charge in [-0.1, -0.05) is 24.0 Å². The molecule has 1 amide bonds. The van der Waals surface area contributed by atoms with E-state index in [2.05, 4.69) is 32.7 Å². The lowest BCUT2D eigenvalue weighted by Gasteiger charge is -2.39. The van der Waals surface area contributed by atoms with Crippen molar-refractivity contribution in [2.45, 2.75) is 56.5 Å². The molecule has 0 radical (unpaired) electrons. The Morgan fingerprint density at radius 2 is 1.72 bits per heavy atom. The summed E-state index contributed by atoms with van der Waals surface area (Å²) in [7, 11) is -1.74. The van der Waals surface area contributed by atoms with Gasteiger partial charge in [-0.2, -0.15) is 26.3 Å². The van der Waals surface area contributed by atoms with Crippen LogP contribution in [0.2, 0.25) is 0 Å². The van der Waals surface area contributed by atoms with Gasteiger partial charge in [-0.3, -0.25) is 4.79 Å². The maximum Gasteiger partial charge on any atom is 0.422 e. The fraction of sp³-hybridized carbons (Fsp3) is 0.485. The number of hydrogen-bond donors (Lipinski definition) is 3. The highest BCUT2D eigenvalue weighted by Gasteiger charge is 2.33. The van der Waals surface area contributed by atoms with Crippen molar-refractivity contribution in [1.82, 2.24) is 10.2 Å². The highest BCUT2D eigenvalue weighted by atomic mass is 32.2. The summed E-state index contributed by atoms with van der Waals surface area (Å²) in [6.45, 7) is -0.463. The van der Waals surface area contributed by atoms with Crippen LogP contribution in [-0.2, 0) is 16.3 Å². The first-order valence-electron chi connectivity index (χ1n) is 15.8. The lowest BCUT2D eigenvalue weighted by molar-refractivity contribution is -0.153. The Labute approximate surface area is 288 Å². The van der Waals surface area contributed by atoms with E-state index in [0.717, 1.165) is 49.4 Å². The van der Waals surface area contributed by atoms with Crippen LogP contribution in [-0.4, -0.2) is 88.5 Å². The molecule has 0 saturated carbocycles. The monoisotopic (exact) mass is 748 g/mol. The first-order valence-corrected chi connectivity index (χ1v) is 18.5. The number of hydrogen-bond acceptors (Lipinski definition) is 8. The van der Waals surface area contributed by atoms with E-state index in [9.17, 15) is 43.9 Å². The Morgan fingerprint density at radius 1 is 1.02 bits per heavy atom. The van der Waals surface area contributed by atoms with Crippen LogP contribution < -0.4 is 20.7 Å². The number of sulfone groups is 1. The Balaban J connectivity index is 1.33. The number of likely N-dealkylation sites (tertiary alicyclic amines) is 1. The average molecular weight is 749 g/mol. The molecule has 5 rings (SSSR count). The highest BCUT2D eigenvalue weighted by molar-refractivity contribution is 7.91. The van der Waals surface area contributed by atoms with Crippen molar-refractivity contribution >= 4 is 48.5 Å². The van der Waals surface area contributed by atoms with E-state index < -0.39 is 58.3 Å². The van der Waals surface area contributed by atoms with Gasteiger partial charge in [0.25, 0.3) is 5.91 Å². The van der Waals surface area contributed by atoms with E-state index in [1.54, 1.807) is 18.2 Å². The Morgan fingerprint density at radius 3 is 2.36 bits per heavy atom. The SMILES string of the molecule is CNC(=O)c1cc(OCC(F)(F)F)c(NCC#Cc2sc3c(NC4CCN(C5CCS(=O)(=O)CC5)CC4)cccc3c2CC(F)(F)F)cc1F. The molecule has 2 aromatic carbocycles. The molecule has 17 heteroatoms. The van der Waals surface area contributed by atoms with Crippen LogP contribution in [0.25, 0.3) is 10.1 Å². The number of amides is 1. The molecule has 3 aromatic rings. The Bertz CT molecular complexity index is 1860. The van der Waals surface area contributed by atoms with Gasteiger partial charge in [0, 0.05) is 38.3 Å². The number of rotatable bonds is 9. The zero-order chi connectivity index (χ0) is 36.3. The number of carbonyl (C=O) groups is 1. The molecule has 2 saturated heterocycles. The standard InChI is InChI=1S/C33H35F7N4O4S2/c1-41-31(45)23-16-28(48-19-33(38,39)40)27(17-25(23)34)42-11-3-6-29-24(18-32(35,36)37)22-4-2-5-26(30(22)49-29)43-20-7-12-44(13-8-20)21-9-14-50(46,47)15-10-21/h2,4-5,16-17,20-21,42-43H,7-15,18-19H2,1H3,(H,41,45). The Kier molecular flexibility index (Phi) is 11.4. The second-order valence-corrected chi connectivity index (χ2v) is 15.5. The zero-order valence-electron chi connectivity index (χ0n) is 26.9. The summed E-state index contributed by atoms with van der Waals surface area (Å²) in [6.07, 6.45) is -7.70. The van der Waals surface area contributed by atoms with Crippen molar-refractivity contribution in [3.8, 4) is 17.6 Å². The number of nitrogens with zero attached hydrogens (tertiary/aromatic N) is 1. The van der Waals surface area contributed by atoms with Gasteiger partial charge in [0.05, 0.1) is 51.0 Å². The quantitative estimate of drug-likeness (QED) is 0.173. The van der Waals surface area contributed by atoms with E-state index in [1.165, 1.54) is 7.05 Å². The van der Waals surface area contributed by atoms with Crippen molar-refractivity contribution in [2.24, 2.45) is 0 Å². The maximum absolute atomic E-state index is 14.6. The molecule has 8 nitrogen and oxygen atoms in total. The van der Waals surface area contributed by atoms with E-state index in [0.29, 0.717) is 28.6 Å². The zero-order valence-corrected chi connectivity index (χ0v) is 28.5. The number of alkyl halides is 6. The number of ether oxygens (including phenoxy) is 1. The molecule has 50 heavy (non-hydrogen) atoms. The molecule has 0 unspecified atom stereocenters. The van der Waals surface area contributed by atoms with E-state index in [1.807, 2.05) is 0 Å². The van der Waals surface area contributed by atoms with Gasteiger partial charge in [0.15, 0.2) is 6.61 Å². The van der Waals surface area contributed by atoms with Crippen molar-refractivity contribution < 1.29 is 48.7 Å². The second kappa shape index (κ2) is 15.2. The van der Waals surface area contributed by atoms with Crippen molar-refractivity contribution in [2.75, 3.05) is 55.4 Å². The van der Waals surface area contributed by atoms with E-state index in [4.69, 9.17) is 4.74 Å². The first kappa shape index (κ1) is 37.5. The molecule has 2 aliphatic heterocycles. The third kappa shape index (κ3) is 9.73. The van der Waals surface area contributed by atoms with Crippen LogP contribution in [0.15, 0.2) is 30.3 Å². The summed E-state index contributed by atoms with van der Waals surface area (Å²) < 4.78 is 123. The lowest BCUT2D eigenvalue weighted by atomic mass is 10.00. The van der Waals surface area contributed by atoms with Gasteiger partial charge in [-0.25, -0.2) is 12.8 Å². The molecule has 272 valence electrons. The number of anilines is 2. The highest BCUT2D eigenvalue weighted by Crippen LogP contribution is 2.40. The van der Waals surface area contributed by atoms with Gasteiger partial charge in [-0.15, -0.1) is 11.3 Å². The number of nitrogens with one attached hydrogen (secondary N) is 3. The molecular formula is C33H35F7N4O4S2. The largest absolute Gasteiger partial charge is 0.482 e. The molecule has 0 spiro atoms. The van der Waals surface area contributed by atoms with Crippen molar-refractivity contribution in [3.63, 3.8) is 0 Å². The molecule has 0 bridgehead atoms. The summed E-state index contributed by atoms with van der Waals surface area (Å²) in [4.78, 5) is 14.4. The number of fused-ring (bicyclic) bond motifs is 1. The normalized spacial score (nSPS) is 17.6. The molecular weight excluding hydrogens is 714 g/mol. The van der Waals surface area contributed by atoms with Crippen molar-refractivity contribution in [1.29, 1.82) is 0 Å². The topological polar surface area (TPSA) is 99.8 Å². The number of benzene rings is 2. The van der Waals surface area contributed by atoms with Gasteiger partial charge in [0.1, 0.15) is 21.4 Å². The van der Waals surface area contributed by atoms with Crippen LogP contribution in [0.3, 0.4) is 0 Å². The van der Waals surface area contributed by atoms with Crippen molar-refractivity contribution in [3.05, 3.63) is 52.2 Å². The summed E-state index contributed by atoms with van der Waals surface area (Å²) in [5, 5.41) is 8.71. The predicted octanol–water partition coefficient (Wildman–Crippen LogP) is 6.36. The minimum atomic E-state index is -4.72. The van der Waals surface area contributed by atoms with Crippen LogP contribution in [0.5, 0.6) is 5.75 Å². The smallest absolute Gasteiger partial charge is 0.422 e. The molecule has 2 fully saturated rings. The number of halogens is 7. The van der Waals surface area contributed by atoms with Gasteiger partial charge in [-0.05, 0) is 48.8 Å². The molecule has 3 N–H and O–H groups in total. The fourth-order valence-electron chi connectivity index (χ4n) is 6.18. The third-order valence-corrected chi connectivity index (χ3v) is 11.5. The maximum atomic E-state index is 14.6. The number of carbonyl (C=O) groups excluding carboxylic acids is 1. The average Bonchev–Trinajstić information content (AvgIpc) is 3.38. The molecule has 2 aliphatic rings. The van der Waals surface area contributed by atoms with Gasteiger partial charge >= 0.3 is 12.4 Å². The summed E-state index contributed by atoms with van der Waals surface area (Å²) in [5.74, 6) is 3.45. The minimum Gasteiger partial charge on any atom is -0.482 e. The van der Waals surface area contributed by atoms with Crippen LogP contribution in [0.1, 0.15) is 46.5 Å². The molecule has 0 aliphatic carbocycles. The summed E-state index contributed by atoms with van der Waals surface area (Å²) >= 11 is 1.09. The van der Waals surface area contributed by atoms with E-state index in [-0.39, 0.29) is 46.3 Å². The van der Waals surface area contributed by atoms with E-state index >= 15 is 0 Å². The summed E-state index contributed by atoms with van der Waals surface area (Å²) in [6, 6.07) is 6.96. The minimum absolute atomic E-state index is 0.00843. The first-order chi connectivity index (χ1) is 23.5. The fourth-order valence-corrected chi connectivity index (χ4v) is 8.81.